The van der Waals surface area contributed by atoms with E-state index >= 15 is 0 Å². The highest BCUT2D eigenvalue weighted by atomic mass is 16.4. The van der Waals surface area contributed by atoms with Gasteiger partial charge < -0.3 is 10.4 Å². The molecular weight excluding hydrogens is 258 g/mol. The molecule has 3 aromatic rings. The Balaban J connectivity index is 1.76. The molecule has 7 nitrogen and oxygen atoms in total. The molecule has 2 aromatic heterocycles. The molecule has 0 radical (unpaired) electrons. The smallest absolute Gasteiger partial charge is 0.335 e. The average Bonchev–Trinajstić information content (AvgIpc) is 2.94. The zero-order chi connectivity index (χ0) is 13.9. The summed E-state index contributed by atoms with van der Waals surface area (Å²) in [5.41, 5.74) is 1.90. The van der Waals surface area contributed by atoms with Crippen molar-refractivity contribution >= 4 is 22.8 Å². The number of carboxylic acid groups (broad SMARTS) is 1. The van der Waals surface area contributed by atoms with Gasteiger partial charge in [0, 0.05) is 6.54 Å². The maximum absolute atomic E-state index is 10.8. The largest absolute Gasteiger partial charge is 0.478 e. The molecule has 100 valence electrons. The molecule has 20 heavy (non-hydrogen) atoms. The minimum absolute atomic E-state index is 0.271. The van der Waals surface area contributed by atoms with E-state index in [1.54, 1.807) is 30.5 Å². The molecule has 3 rings (SSSR count). The van der Waals surface area contributed by atoms with Gasteiger partial charge in [-0.25, -0.2) is 14.8 Å². The van der Waals surface area contributed by atoms with E-state index in [0.717, 1.165) is 10.9 Å². The number of fused-ring (bicyclic) bond motifs is 1. The van der Waals surface area contributed by atoms with Crippen molar-refractivity contribution in [1.82, 2.24) is 20.2 Å². The lowest BCUT2D eigenvalue weighted by Gasteiger charge is -2.06. The van der Waals surface area contributed by atoms with Gasteiger partial charge in [-0.15, -0.1) is 0 Å². The lowest BCUT2D eigenvalue weighted by atomic mass is 10.1. The van der Waals surface area contributed by atoms with E-state index < -0.39 is 5.97 Å². The second-order valence-electron chi connectivity index (χ2n) is 4.21. The number of aromatic amines is 1. The van der Waals surface area contributed by atoms with Gasteiger partial charge in [-0.1, -0.05) is 12.1 Å². The predicted octanol–water partition coefficient (Wildman–Crippen LogP) is 1.66. The molecule has 0 fully saturated rings. The van der Waals surface area contributed by atoms with Crippen LogP contribution in [-0.4, -0.2) is 31.2 Å². The number of aromatic nitrogens is 4. The van der Waals surface area contributed by atoms with E-state index in [1.807, 2.05) is 0 Å². The molecule has 0 spiro atoms. The van der Waals surface area contributed by atoms with Crippen molar-refractivity contribution in [3.05, 3.63) is 47.9 Å². The van der Waals surface area contributed by atoms with Gasteiger partial charge in [-0.3, -0.25) is 5.10 Å². The Hall–Kier alpha value is -2.96. The second-order valence-corrected chi connectivity index (χ2v) is 4.21. The third-order valence-corrected chi connectivity index (χ3v) is 2.91. The van der Waals surface area contributed by atoms with Crippen molar-refractivity contribution < 1.29 is 9.90 Å². The Morgan fingerprint density at radius 1 is 1.25 bits per heavy atom. The molecule has 7 heteroatoms. The normalized spacial score (nSPS) is 10.6. The topological polar surface area (TPSA) is 104 Å². The van der Waals surface area contributed by atoms with Gasteiger partial charge in [-0.2, -0.15) is 5.10 Å². The monoisotopic (exact) mass is 269 g/mol. The van der Waals surface area contributed by atoms with Gasteiger partial charge in [0.1, 0.15) is 12.1 Å². The maximum Gasteiger partial charge on any atom is 0.335 e. The predicted molar refractivity (Wildman–Crippen MR) is 72.4 cm³/mol. The van der Waals surface area contributed by atoms with Crippen LogP contribution in [0.1, 0.15) is 15.9 Å². The van der Waals surface area contributed by atoms with Crippen LogP contribution in [0.15, 0.2) is 36.8 Å². The molecule has 0 amide bonds. The molecule has 3 N–H and O–H groups in total. The first-order valence-corrected chi connectivity index (χ1v) is 5.94. The molecule has 0 aliphatic carbocycles. The summed E-state index contributed by atoms with van der Waals surface area (Å²) in [6.07, 6.45) is 3.11. The molecule has 0 bridgehead atoms. The van der Waals surface area contributed by atoms with E-state index in [2.05, 4.69) is 25.5 Å². The SMILES string of the molecule is O=C(O)c1ccc(CNc2ncnc3[nH]ncc23)cc1. The van der Waals surface area contributed by atoms with Gasteiger partial charge in [0.15, 0.2) is 5.65 Å². The van der Waals surface area contributed by atoms with Gasteiger partial charge in [0.05, 0.1) is 17.1 Å². The van der Waals surface area contributed by atoms with Gasteiger partial charge in [0.25, 0.3) is 0 Å². The van der Waals surface area contributed by atoms with E-state index in [9.17, 15) is 4.79 Å². The summed E-state index contributed by atoms with van der Waals surface area (Å²) in [4.78, 5) is 19.0. The zero-order valence-electron chi connectivity index (χ0n) is 10.4. The second kappa shape index (κ2) is 4.96. The van der Waals surface area contributed by atoms with Crippen molar-refractivity contribution in [2.24, 2.45) is 0 Å². The summed E-state index contributed by atoms with van der Waals surface area (Å²) in [5, 5.41) is 19.5. The van der Waals surface area contributed by atoms with Crippen LogP contribution in [0.3, 0.4) is 0 Å². The van der Waals surface area contributed by atoms with E-state index in [4.69, 9.17) is 5.11 Å². The van der Waals surface area contributed by atoms with Crippen LogP contribution in [0.2, 0.25) is 0 Å². The summed E-state index contributed by atoms with van der Waals surface area (Å²) in [5.74, 6) is -0.244. The fourth-order valence-corrected chi connectivity index (χ4v) is 1.86. The zero-order valence-corrected chi connectivity index (χ0v) is 10.4. The fraction of sp³-hybridized carbons (Fsp3) is 0.0769. The molecule has 1 aromatic carbocycles. The number of nitrogens with one attached hydrogen (secondary N) is 2. The Kier molecular flexibility index (Phi) is 3.00. The molecule has 2 heterocycles. The van der Waals surface area contributed by atoms with Gasteiger partial charge >= 0.3 is 5.97 Å². The number of hydrogen-bond acceptors (Lipinski definition) is 5. The number of benzene rings is 1. The Labute approximate surface area is 113 Å². The van der Waals surface area contributed by atoms with Crippen LogP contribution >= 0.6 is 0 Å². The van der Waals surface area contributed by atoms with Crippen molar-refractivity contribution in [2.45, 2.75) is 6.54 Å². The summed E-state index contributed by atoms with van der Waals surface area (Å²) in [6, 6.07) is 6.69. The number of carbonyl (C=O) groups is 1. The molecule has 0 saturated carbocycles. The lowest BCUT2D eigenvalue weighted by molar-refractivity contribution is 0.0697. The number of rotatable bonds is 4. The number of carboxylic acids is 1. The van der Waals surface area contributed by atoms with E-state index in [1.165, 1.54) is 6.33 Å². The quantitative estimate of drug-likeness (QED) is 0.665. The van der Waals surface area contributed by atoms with Crippen molar-refractivity contribution in [3.8, 4) is 0 Å². The first-order chi connectivity index (χ1) is 9.74. The van der Waals surface area contributed by atoms with Crippen LogP contribution < -0.4 is 5.32 Å². The molecule has 0 aliphatic rings. The number of H-pyrrole nitrogens is 1. The standard InChI is InChI=1S/C13H11N5O2/c19-13(20)9-3-1-8(2-4-9)5-14-11-10-6-17-18-12(10)16-7-15-11/h1-4,6-7H,5H2,(H,19,20)(H2,14,15,16,17,18). The number of hydrogen-bond donors (Lipinski definition) is 3. The van der Waals surface area contributed by atoms with Crippen molar-refractivity contribution in [1.29, 1.82) is 0 Å². The summed E-state index contributed by atoms with van der Waals surface area (Å²) in [7, 11) is 0. The maximum atomic E-state index is 10.8. The molecule has 0 aliphatic heterocycles. The minimum atomic E-state index is -0.930. The molecule has 0 saturated heterocycles. The number of aromatic carboxylic acids is 1. The van der Waals surface area contributed by atoms with Gasteiger partial charge in [0.2, 0.25) is 0 Å². The third-order valence-electron chi connectivity index (χ3n) is 2.91. The fourth-order valence-electron chi connectivity index (χ4n) is 1.86. The Bertz CT molecular complexity index is 751. The van der Waals surface area contributed by atoms with Crippen molar-refractivity contribution in [3.63, 3.8) is 0 Å². The third kappa shape index (κ3) is 2.28. The van der Waals surface area contributed by atoms with Crippen LogP contribution in [0, 0.1) is 0 Å². The highest BCUT2D eigenvalue weighted by Gasteiger charge is 2.05. The first kappa shape index (κ1) is 12.1. The Morgan fingerprint density at radius 3 is 2.80 bits per heavy atom. The molecule has 0 unspecified atom stereocenters. The van der Waals surface area contributed by atoms with E-state index in [-0.39, 0.29) is 5.56 Å². The molecular formula is C13H11N5O2. The highest BCUT2D eigenvalue weighted by molar-refractivity contribution is 5.87. The van der Waals surface area contributed by atoms with Crippen LogP contribution in [0.4, 0.5) is 5.82 Å². The van der Waals surface area contributed by atoms with Gasteiger partial charge in [-0.05, 0) is 17.7 Å². The average molecular weight is 269 g/mol. The van der Waals surface area contributed by atoms with E-state index in [0.29, 0.717) is 18.0 Å². The minimum Gasteiger partial charge on any atom is -0.478 e. The van der Waals surface area contributed by atoms with Crippen molar-refractivity contribution in [2.75, 3.05) is 5.32 Å². The van der Waals surface area contributed by atoms with Crippen LogP contribution in [-0.2, 0) is 6.54 Å². The number of anilines is 1. The lowest BCUT2D eigenvalue weighted by Crippen LogP contribution is -2.03. The number of nitrogens with zero attached hydrogens (tertiary/aromatic N) is 3. The molecule has 0 atom stereocenters. The first-order valence-electron chi connectivity index (χ1n) is 5.94. The summed E-state index contributed by atoms with van der Waals surface area (Å²) in [6.45, 7) is 0.539. The van der Waals surface area contributed by atoms with Crippen LogP contribution in [0.5, 0.6) is 0 Å². The Morgan fingerprint density at radius 2 is 2.05 bits per heavy atom. The summed E-state index contributed by atoms with van der Waals surface area (Å²) >= 11 is 0. The highest BCUT2D eigenvalue weighted by Crippen LogP contribution is 2.17. The summed E-state index contributed by atoms with van der Waals surface area (Å²) < 4.78 is 0. The van der Waals surface area contributed by atoms with Crippen LogP contribution in [0.25, 0.3) is 11.0 Å².